The van der Waals surface area contributed by atoms with Gasteiger partial charge >= 0.3 is 45.5 Å². The monoisotopic (exact) mass is 477 g/mol. The smallest absolute Gasteiger partial charge is 1.00 e. The van der Waals surface area contributed by atoms with E-state index < -0.39 is 0 Å². The summed E-state index contributed by atoms with van der Waals surface area (Å²) in [5.74, 6) is 0. The van der Waals surface area contributed by atoms with Crippen LogP contribution in [0.25, 0.3) is 0 Å². The molecule has 0 aromatic carbocycles. The number of hydrogen-bond donors (Lipinski definition) is 0. The molecule has 0 aliphatic heterocycles. The maximum Gasteiger partial charge on any atom is 2.00 e. The van der Waals surface area contributed by atoms with Gasteiger partial charge in [0.15, 0.2) is 0 Å². The van der Waals surface area contributed by atoms with Gasteiger partial charge < -0.3 is 19.3 Å². The summed E-state index contributed by atoms with van der Waals surface area (Å²) in [5, 5.41) is 0. The van der Waals surface area contributed by atoms with Crippen molar-refractivity contribution in [1.29, 1.82) is 0 Å². The Morgan fingerprint density at radius 1 is 0.714 bits per heavy atom. The van der Waals surface area contributed by atoms with Crippen LogP contribution in [0.3, 0.4) is 0 Å². The number of rotatable bonds is 0. The summed E-state index contributed by atoms with van der Waals surface area (Å²) in [5.41, 5.74) is 0. The molecule has 0 heterocycles. The first-order valence-electron chi connectivity index (χ1n) is 0. The molecule has 0 aromatic heterocycles. The molecule has 0 amide bonds. The molecule has 0 aromatic rings. The maximum absolute atomic E-state index is 0. The third-order valence-corrected chi connectivity index (χ3v) is 0. The zero-order chi connectivity index (χ0) is 0. The van der Waals surface area contributed by atoms with E-state index in [0.29, 0.717) is 0 Å². The van der Waals surface area contributed by atoms with Crippen LogP contribution in [0, 0.1) is 71.2 Å². The Hall–Kier alpha value is 4.27. The Labute approximate surface area is 149 Å². The van der Waals surface area contributed by atoms with Crippen molar-refractivity contribution in [2.75, 3.05) is 0 Å². The van der Waals surface area contributed by atoms with E-state index in [1.165, 1.54) is 0 Å². The van der Waals surface area contributed by atoms with Gasteiger partial charge in [-0.25, -0.2) is 0 Å². The summed E-state index contributed by atoms with van der Waals surface area (Å²) in [6, 6.07) is 0. The summed E-state index contributed by atoms with van der Waals surface area (Å²) in [6.07, 6.45) is 0. The molecule has 3 nitrogen and oxygen atoms in total. The first-order valence-corrected chi connectivity index (χ1v) is 0. The van der Waals surface area contributed by atoms with Gasteiger partial charge in [-0.3, -0.25) is 0 Å². The summed E-state index contributed by atoms with van der Waals surface area (Å²) in [4.78, 5) is 0. The van der Waals surface area contributed by atoms with Gasteiger partial charge in [-0.05, 0) is 0 Å². The van der Waals surface area contributed by atoms with Crippen LogP contribution in [0.4, 0.5) is 0 Å². The van der Waals surface area contributed by atoms with E-state index in [1.54, 1.807) is 0 Å². The molecule has 0 saturated carbocycles. The fraction of sp³-hybridized carbons (Fsp3) is 0. The van der Waals surface area contributed by atoms with Gasteiger partial charge in [-0.15, -0.1) is 0 Å². The average Bonchev–Trinajstić information content (AvgIpc) is 0. The molecule has 41 valence electrons. The number of hydrogen-bond acceptors (Lipinski definition) is 0. The van der Waals surface area contributed by atoms with Crippen LogP contribution in [0.5, 0.6) is 0 Å². The van der Waals surface area contributed by atoms with E-state index in [0.717, 1.165) is 0 Å². The van der Waals surface area contributed by atoms with Crippen LogP contribution in [-0.2, 0) is 17.1 Å². The third kappa shape index (κ3) is 38.5. The molecule has 0 aliphatic rings. The van der Waals surface area contributed by atoms with E-state index in [9.17, 15) is 0 Å². The summed E-state index contributed by atoms with van der Waals surface area (Å²) >= 11 is 0. The minimum Gasteiger partial charge on any atom is -1.00 e. The Balaban J connectivity index is 0. The van der Waals surface area contributed by atoms with Crippen molar-refractivity contribution < 1.29 is 108 Å². The molecule has 0 bridgehead atoms. The van der Waals surface area contributed by atoms with Crippen molar-refractivity contribution >= 4 is 45.5 Å². The SMILES string of the molecule is O.O.O.[H-].[H-].[La].[La].[Mn].[Sr+2]. The Morgan fingerprint density at radius 3 is 0.714 bits per heavy atom. The molecular formula is H8La2MnO3Sr. The van der Waals surface area contributed by atoms with Crippen molar-refractivity contribution in [1.82, 2.24) is 0 Å². The van der Waals surface area contributed by atoms with Crippen LogP contribution in [-0.4, -0.2) is 61.9 Å². The Bertz CT molecular complexity index is 19.8. The summed E-state index contributed by atoms with van der Waals surface area (Å²) in [6.45, 7) is 0. The molecule has 7 heavy (non-hydrogen) atoms. The second kappa shape index (κ2) is 48.4. The largest absolute Gasteiger partial charge is 2.00 e. The van der Waals surface area contributed by atoms with Crippen LogP contribution in [0.15, 0.2) is 0 Å². The maximum atomic E-state index is 0. The molecule has 0 aliphatic carbocycles. The molecule has 3 radical (unpaired) electrons. The van der Waals surface area contributed by atoms with Crippen LogP contribution >= 0.6 is 0 Å². The zero-order valence-corrected chi connectivity index (χ0v) is 15.6. The van der Waals surface area contributed by atoms with Crippen molar-refractivity contribution in [2.24, 2.45) is 0 Å². The van der Waals surface area contributed by atoms with Gasteiger partial charge in [-0.2, -0.15) is 0 Å². The molecule has 6 N–H and O–H groups in total. The normalized spacial score (nSPS) is 0. The zero-order valence-electron chi connectivity index (χ0n) is 5.74. The van der Waals surface area contributed by atoms with Gasteiger partial charge in [-0.1, -0.05) is 0 Å². The molecule has 0 rings (SSSR count). The van der Waals surface area contributed by atoms with Crippen LogP contribution in [0.1, 0.15) is 2.85 Å². The van der Waals surface area contributed by atoms with Crippen LogP contribution < -0.4 is 0 Å². The molecule has 0 spiro atoms. The van der Waals surface area contributed by atoms with E-state index in [2.05, 4.69) is 0 Å². The van der Waals surface area contributed by atoms with Crippen molar-refractivity contribution in [3.8, 4) is 0 Å². The second-order valence-corrected chi connectivity index (χ2v) is 0. The van der Waals surface area contributed by atoms with Crippen molar-refractivity contribution in [3.63, 3.8) is 0 Å². The van der Waals surface area contributed by atoms with E-state index in [-0.39, 0.29) is 153 Å². The molecule has 0 atom stereocenters. The Kier molecular flexibility index (Phi) is 451. The molecule has 0 saturated heterocycles. The van der Waals surface area contributed by atoms with Gasteiger partial charge in [0.05, 0.1) is 0 Å². The van der Waals surface area contributed by atoms with Crippen molar-refractivity contribution in [2.45, 2.75) is 0 Å². The predicted molar refractivity (Wildman–Crippen MR) is 18.8 cm³/mol. The van der Waals surface area contributed by atoms with Gasteiger partial charge in [0.25, 0.3) is 0 Å². The van der Waals surface area contributed by atoms with Gasteiger partial charge in [0.2, 0.25) is 0 Å². The third-order valence-electron chi connectivity index (χ3n) is 0. The molecule has 0 fully saturated rings. The first-order chi connectivity index (χ1) is 0. The van der Waals surface area contributed by atoms with Crippen LogP contribution in [0.2, 0.25) is 0 Å². The second-order valence-electron chi connectivity index (χ2n) is 0. The minimum absolute atomic E-state index is 0. The quantitative estimate of drug-likeness (QED) is 0.342. The summed E-state index contributed by atoms with van der Waals surface area (Å²) in [7, 11) is 0. The molecule has 7 heteroatoms. The predicted octanol–water partition coefficient (Wildman–Crippen LogP) is -2.63. The van der Waals surface area contributed by atoms with E-state index in [4.69, 9.17) is 0 Å². The van der Waals surface area contributed by atoms with Crippen molar-refractivity contribution in [3.05, 3.63) is 0 Å². The standard InChI is InChI=1S/2La.Mn.3H2O.Sr.2H/h;;;3*1H2;;;/q;;;;;;+2;2*-1. The average molecular weight is 476 g/mol. The fourth-order valence-electron chi connectivity index (χ4n) is 0. The first kappa shape index (κ1) is 65.2. The minimum atomic E-state index is 0. The molecule has 0 unspecified atom stereocenters. The van der Waals surface area contributed by atoms with E-state index >= 15 is 0 Å². The fourth-order valence-corrected chi connectivity index (χ4v) is 0. The van der Waals surface area contributed by atoms with E-state index in [1.807, 2.05) is 0 Å². The van der Waals surface area contributed by atoms with Gasteiger partial charge in [0.1, 0.15) is 0 Å². The topological polar surface area (TPSA) is 94.5 Å². The Morgan fingerprint density at radius 2 is 0.714 bits per heavy atom. The summed E-state index contributed by atoms with van der Waals surface area (Å²) < 4.78 is 0. The molecular weight excluding hydrogens is 468 g/mol. The van der Waals surface area contributed by atoms with Gasteiger partial charge in [0, 0.05) is 88.3 Å².